The number of rotatable bonds is 2. The summed E-state index contributed by atoms with van der Waals surface area (Å²) >= 11 is 0. The molecule has 20 heavy (non-hydrogen) atoms. The number of anilines is 1. The summed E-state index contributed by atoms with van der Waals surface area (Å²) in [6.45, 7) is 6.39. The topological polar surface area (TPSA) is 61.4 Å². The van der Waals surface area contributed by atoms with Gasteiger partial charge in [0.1, 0.15) is 12.1 Å². The Labute approximate surface area is 119 Å². The lowest BCUT2D eigenvalue weighted by atomic mass is 10.1. The third kappa shape index (κ3) is 2.47. The van der Waals surface area contributed by atoms with E-state index in [0.29, 0.717) is 23.9 Å². The predicted octanol–water partition coefficient (Wildman–Crippen LogP) is 1.57. The highest BCUT2D eigenvalue weighted by atomic mass is 16.2. The zero-order valence-corrected chi connectivity index (χ0v) is 12.0. The van der Waals surface area contributed by atoms with E-state index in [4.69, 9.17) is 0 Å². The van der Waals surface area contributed by atoms with E-state index in [0.717, 1.165) is 25.9 Å². The average Bonchev–Trinajstić information content (AvgIpc) is 2.70. The lowest BCUT2D eigenvalue weighted by molar-refractivity contribution is 0.0757. The number of nitrogens with zero attached hydrogens (tertiary/aromatic N) is 4. The fraction of sp³-hybridized carbons (Fsp3) is 0.643. The van der Waals surface area contributed by atoms with Gasteiger partial charge in [-0.1, -0.05) is 0 Å². The molecular formula is C14H21N5O. The second-order valence-electron chi connectivity index (χ2n) is 5.86. The minimum atomic E-state index is -0.0281. The summed E-state index contributed by atoms with van der Waals surface area (Å²) in [5.41, 5.74) is 0. The average molecular weight is 275 g/mol. The molecule has 108 valence electrons. The summed E-state index contributed by atoms with van der Waals surface area (Å²) in [6, 6.07) is 2.89. The number of amides is 2. The van der Waals surface area contributed by atoms with Crippen LogP contribution in [-0.4, -0.2) is 57.0 Å². The molecule has 1 N–H and O–H groups in total. The lowest BCUT2D eigenvalue weighted by Crippen LogP contribution is -2.58. The van der Waals surface area contributed by atoms with E-state index in [1.165, 1.54) is 6.33 Å². The first-order valence-corrected chi connectivity index (χ1v) is 7.24. The maximum atomic E-state index is 12.4. The van der Waals surface area contributed by atoms with Crippen molar-refractivity contribution in [2.45, 2.75) is 44.8 Å². The molecule has 2 atom stereocenters. The molecule has 2 amide bonds. The smallest absolute Gasteiger partial charge is 0.316 e. The lowest BCUT2D eigenvalue weighted by Gasteiger charge is -2.42. The Morgan fingerprint density at radius 2 is 2.05 bits per heavy atom. The van der Waals surface area contributed by atoms with E-state index in [1.807, 2.05) is 4.90 Å². The molecule has 2 aliphatic rings. The number of hydrogen-bond donors (Lipinski definition) is 1. The van der Waals surface area contributed by atoms with Crippen molar-refractivity contribution >= 4 is 11.8 Å². The Morgan fingerprint density at radius 1 is 1.35 bits per heavy atom. The third-order valence-electron chi connectivity index (χ3n) is 4.29. The van der Waals surface area contributed by atoms with Crippen LogP contribution in [-0.2, 0) is 0 Å². The van der Waals surface area contributed by atoms with E-state index in [1.54, 1.807) is 12.3 Å². The number of urea groups is 1. The molecule has 2 saturated heterocycles. The van der Waals surface area contributed by atoms with Crippen LogP contribution in [0.15, 0.2) is 18.6 Å². The van der Waals surface area contributed by atoms with Gasteiger partial charge in [0.2, 0.25) is 0 Å². The zero-order valence-electron chi connectivity index (χ0n) is 12.0. The molecule has 0 radical (unpaired) electrons. The van der Waals surface area contributed by atoms with Gasteiger partial charge < -0.3 is 4.90 Å². The van der Waals surface area contributed by atoms with E-state index in [9.17, 15) is 4.79 Å². The number of carbonyl (C=O) groups is 1. The zero-order chi connectivity index (χ0) is 14.1. The molecule has 0 unspecified atom stereocenters. The first kappa shape index (κ1) is 13.3. The molecule has 0 saturated carbocycles. The number of hydrogen-bond acceptors (Lipinski definition) is 4. The van der Waals surface area contributed by atoms with Crippen molar-refractivity contribution in [3.8, 4) is 0 Å². The second-order valence-corrected chi connectivity index (χ2v) is 5.86. The summed E-state index contributed by atoms with van der Waals surface area (Å²) in [4.78, 5) is 24.8. The van der Waals surface area contributed by atoms with Crippen LogP contribution in [0, 0.1) is 0 Å². The molecule has 6 heteroatoms. The van der Waals surface area contributed by atoms with Gasteiger partial charge in [-0.05, 0) is 32.8 Å². The van der Waals surface area contributed by atoms with Crippen molar-refractivity contribution in [1.82, 2.24) is 19.8 Å². The van der Waals surface area contributed by atoms with Gasteiger partial charge in [0.15, 0.2) is 0 Å². The number of nitrogens with one attached hydrogen (secondary N) is 1. The van der Waals surface area contributed by atoms with Gasteiger partial charge in [0.25, 0.3) is 0 Å². The quantitative estimate of drug-likeness (QED) is 0.890. The van der Waals surface area contributed by atoms with E-state index >= 15 is 0 Å². The minimum absolute atomic E-state index is 0.0281. The molecule has 2 fully saturated rings. The van der Waals surface area contributed by atoms with Crippen molar-refractivity contribution in [2.75, 3.05) is 18.4 Å². The van der Waals surface area contributed by atoms with Crippen molar-refractivity contribution in [3.05, 3.63) is 18.6 Å². The molecule has 0 spiro atoms. The van der Waals surface area contributed by atoms with Gasteiger partial charge in [0, 0.05) is 37.4 Å². The number of piperazine rings is 1. The molecule has 2 bridgehead atoms. The van der Waals surface area contributed by atoms with Crippen molar-refractivity contribution in [1.29, 1.82) is 0 Å². The van der Waals surface area contributed by atoms with E-state index in [-0.39, 0.29) is 6.03 Å². The maximum absolute atomic E-state index is 12.4. The fourth-order valence-electron chi connectivity index (χ4n) is 3.23. The number of aromatic nitrogens is 2. The number of likely N-dealkylation sites (tertiary alicyclic amines) is 1. The van der Waals surface area contributed by atoms with Crippen LogP contribution in [0.1, 0.15) is 26.7 Å². The molecule has 0 aromatic carbocycles. The summed E-state index contributed by atoms with van der Waals surface area (Å²) in [7, 11) is 0. The first-order chi connectivity index (χ1) is 9.65. The largest absolute Gasteiger partial charge is 0.323 e. The fourth-order valence-corrected chi connectivity index (χ4v) is 3.23. The normalized spacial score (nSPS) is 26.1. The second kappa shape index (κ2) is 5.36. The standard InChI is InChI=1S/C14H21N5O/c1-10(2)18-7-11-3-4-12(8-18)19(11)14(20)17-13-5-6-15-9-16-13/h5-6,9-12H,3-4,7-8H2,1-2H3,(H,15,16,17,20)/t11-,12+. The molecule has 1 aromatic heterocycles. The van der Waals surface area contributed by atoms with Gasteiger partial charge in [-0.25, -0.2) is 14.8 Å². The Bertz CT molecular complexity index is 464. The number of fused-ring (bicyclic) bond motifs is 2. The highest BCUT2D eigenvalue weighted by Gasteiger charge is 2.43. The Morgan fingerprint density at radius 3 is 2.60 bits per heavy atom. The van der Waals surface area contributed by atoms with Crippen LogP contribution in [0.3, 0.4) is 0 Å². The highest BCUT2D eigenvalue weighted by molar-refractivity contribution is 5.89. The van der Waals surface area contributed by atoms with E-state index < -0.39 is 0 Å². The van der Waals surface area contributed by atoms with Crippen LogP contribution in [0.4, 0.5) is 10.6 Å². The third-order valence-corrected chi connectivity index (χ3v) is 4.29. The molecule has 1 aromatic rings. The van der Waals surface area contributed by atoms with Crippen LogP contribution >= 0.6 is 0 Å². The molecular weight excluding hydrogens is 254 g/mol. The Balaban J connectivity index is 1.68. The van der Waals surface area contributed by atoms with Crippen molar-refractivity contribution in [3.63, 3.8) is 0 Å². The molecule has 3 rings (SSSR count). The van der Waals surface area contributed by atoms with Crippen LogP contribution < -0.4 is 5.32 Å². The van der Waals surface area contributed by atoms with Gasteiger partial charge in [-0.15, -0.1) is 0 Å². The maximum Gasteiger partial charge on any atom is 0.323 e. The van der Waals surface area contributed by atoms with Crippen LogP contribution in [0.5, 0.6) is 0 Å². The summed E-state index contributed by atoms with van der Waals surface area (Å²) in [6.07, 6.45) is 5.28. The molecule has 6 nitrogen and oxygen atoms in total. The summed E-state index contributed by atoms with van der Waals surface area (Å²) < 4.78 is 0. The monoisotopic (exact) mass is 275 g/mol. The molecule has 2 aliphatic heterocycles. The van der Waals surface area contributed by atoms with Gasteiger partial charge in [-0.2, -0.15) is 0 Å². The molecule has 3 heterocycles. The summed E-state index contributed by atoms with van der Waals surface area (Å²) in [5, 5.41) is 2.87. The van der Waals surface area contributed by atoms with Gasteiger partial charge in [-0.3, -0.25) is 10.2 Å². The van der Waals surface area contributed by atoms with Crippen molar-refractivity contribution < 1.29 is 4.79 Å². The Hall–Kier alpha value is -1.69. The highest BCUT2D eigenvalue weighted by Crippen LogP contribution is 2.31. The minimum Gasteiger partial charge on any atom is -0.316 e. The van der Waals surface area contributed by atoms with Crippen LogP contribution in [0.25, 0.3) is 0 Å². The SMILES string of the molecule is CC(C)N1C[C@H]2CC[C@@H](C1)N2C(=O)Nc1ccncn1. The Kier molecular flexibility index (Phi) is 3.56. The van der Waals surface area contributed by atoms with Gasteiger partial charge >= 0.3 is 6.03 Å². The number of carbonyl (C=O) groups excluding carboxylic acids is 1. The first-order valence-electron chi connectivity index (χ1n) is 7.24. The van der Waals surface area contributed by atoms with Crippen LogP contribution in [0.2, 0.25) is 0 Å². The molecule has 0 aliphatic carbocycles. The predicted molar refractivity (Wildman–Crippen MR) is 76.4 cm³/mol. The van der Waals surface area contributed by atoms with Crippen molar-refractivity contribution in [2.24, 2.45) is 0 Å². The van der Waals surface area contributed by atoms with Gasteiger partial charge in [0.05, 0.1) is 0 Å². The van der Waals surface area contributed by atoms with E-state index in [2.05, 4.69) is 34.0 Å². The summed E-state index contributed by atoms with van der Waals surface area (Å²) in [5.74, 6) is 0.565.